The second kappa shape index (κ2) is 7.35. The molecule has 0 amide bonds. The first-order valence-electron chi connectivity index (χ1n) is 8.10. The van der Waals surface area contributed by atoms with E-state index in [1.54, 1.807) is 12.1 Å². The number of nitrogens with one attached hydrogen (secondary N) is 1. The van der Waals surface area contributed by atoms with Gasteiger partial charge in [0.2, 0.25) is 0 Å². The summed E-state index contributed by atoms with van der Waals surface area (Å²) >= 11 is 0. The fourth-order valence-electron chi connectivity index (χ4n) is 3.74. The molecule has 3 atom stereocenters. The Balaban J connectivity index is 2.13. The van der Waals surface area contributed by atoms with Crippen molar-refractivity contribution in [1.29, 1.82) is 0 Å². The molecule has 1 aliphatic rings. The van der Waals surface area contributed by atoms with Crippen molar-refractivity contribution in [2.24, 2.45) is 23.7 Å². The highest BCUT2D eigenvalue weighted by Crippen LogP contribution is 2.39. The van der Waals surface area contributed by atoms with Crippen LogP contribution in [0.25, 0.3) is 0 Å². The average molecular weight is 295 g/mol. The highest BCUT2D eigenvalue weighted by atomic mass is 19.2. The minimum atomic E-state index is -0.728. The summed E-state index contributed by atoms with van der Waals surface area (Å²) in [4.78, 5) is 0. The molecule has 0 aliphatic heterocycles. The number of halogens is 2. The summed E-state index contributed by atoms with van der Waals surface area (Å²) in [5.74, 6) is 0.990. The lowest BCUT2D eigenvalue weighted by molar-refractivity contribution is 0.145. The SMILES string of the molecule is CNCC1CCC(C(C)C)CC1Cc1cccc(F)c1F. The quantitative estimate of drug-likeness (QED) is 0.848. The van der Waals surface area contributed by atoms with E-state index in [0.717, 1.165) is 13.0 Å². The number of rotatable bonds is 5. The summed E-state index contributed by atoms with van der Waals surface area (Å²) in [5, 5.41) is 3.26. The van der Waals surface area contributed by atoms with Crippen LogP contribution in [0.2, 0.25) is 0 Å². The standard InChI is InChI=1S/C18H27F2N/c1-12(2)13-7-8-15(11-21-3)16(9-13)10-14-5-4-6-17(19)18(14)20/h4-6,12-13,15-16,21H,7-11H2,1-3H3. The molecule has 1 nitrogen and oxygen atoms in total. The second-order valence-electron chi connectivity index (χ2n) is 6.81. The molecule has 2 rings (SSSR count). The van der Waals surface area contributed by atoms with E-state index >= 15 is 0 Å². The normalized spacial score (nSPS) is 26.3. The molecular weight excluding hydrogens is 268 g/mol. The number of hydrogen-bond donors (Lipinski definition) is 1. The van der Waals surface area contributed by atoms with Crippen molar-refractivity contribution in [3.05, 3.63) is 35.4 Å². The first-order chi connectivity index (χ1) is 10.0. The van der Waals surface area contributed by atoms with Crippen molar-refractivity contribution in [2.75, 3.05) is 13.6 Å². The van der Waals surface area contributed by atoms with E-state index in [-0.39, 0.29) is 0 Å². The van der Waals surface area contributed by atoms with E-state index in [9.17, 15) is 8.78 Å². The largest absolute Gasteiger partial charge is 0.319 e. The van der Waals surface area contributed by atoms with Crippen LogP contribution in [0.5, 0.6) is 0 Å². The molecule has 0 bridgehead atoms. The lowest BCUT2D eigenvalue weighted by Gasteiger charge is -2.38. The molecule has 3 heteroatoms. The molecule has 0 heterocycles. The molecule has 3 unspecified atom stereocenters. The van der Waals surface area contributed by atoms with E-state index < -0.39 is 11.6 Å². The lowest BCUT2D eigenvalue weighted by Crippen LogP contribution is -2.34. The maximum Gasteiger partial charge on any atom is 0.162 e. The van der Waals surface area contributed by atoms with Crippen LogP contribution in [0.3, 0.4) is 0 Å². The van der Waals surface area contributed by atoms with Gasteiger partial charge in [0.05, 0.1) is 0 Å². The summed E-state index contributed by atoms with van der Waals surface area (Å²) in [7, 11) is 1.97. The maximum atomic E-state index is 13.9. The van der Waals surface area contributed by atoms with Gasteiger partial charge in [0, 0.05) is 0 Å². The van der Waals surface area contributed by atoms with Crippen LogP contribution in [-0.2, 0) is 6.42 Å². The van der Waals surface area contributed by atoms with Gasteiger partial charge in [0.1, 0.15) is 0 Å². The smallest absolute Gasteiger partial charge is 0.162 e. The van der Waals surface area contributed by atoms with Gasteiger partial charge in [-0.05, 0) is 74.6 Å². The zero-order valence-corrected chi connectivity index (χ0v) is 13.3. The van der Waals surface area contributed by atoms with Crippen LogP contribution >= 0.6 is 0 Å². The summed E-state index contributed by atoms with van der Waals surface area (Å²) in [6.07, 6.45) is 4.22. The van der Waals surface area contributed by atoms with E-state index in [1.165, 1.54) is 18.9 Å². The summed E-state index contributed by atoms with van der Waals surface area (Å²) in [6.45, 7) is 5.50. The van der Waals surface area contributed by atoms with E-state index in [2.05, 4.69) is 19.2 Å². The zero-order valence-electron chi connectivity index (χ0n) is 13.3. The Morgan fingerprint density at radius 3 is 2.62 bits per heavy atom. The monoisotopic (exact) mass is 295 g/mol. The summed E-state index contributed by atoms with van der Waals surface area (Å²) < 4.78 is 27.3. The third kappa shape index (κ3) is 4.03. The fraction of sp³-hybridized carbons (Fsp3) is 0.667. The molecule has 21 heavy (non-hydrogen) atoms. The zero-order chi connectivity index (χ0) is 15.4. The highest BCUT2D eigenvalue weighted by molar-refractivity contribution is 5.19. The van der Waals surface area contributed by atoms with Gasteiger partial charge in [-0.1, -0.05) is 26.0 Å². The van der Waals surface area contributed by atoms with Crippen LogP contribution < -0.4 is 5.32 Å². The van der Waals surface area contributed by atoms with Gasteiger partial charge >= 0.3 is 0 Å². The maximum absolute atomic E-state index is 13.9. The molecule has 118 valence electrons. The van der Waals surface area contributed by atoms with Crippen molar-refractivity contribution < 1.29 is 8.78 Å². The number of benzene rings is 1. The molecule has 1 saturated carbocycles. The van der Waals surface area contributed by atoms with Gasteiger partial charge in [-0.25, -0.2) is 8.78 Å². The van der Waals surface area contributed by atoms with Crippen LogP contribution in [-0.4, -0.2) is 13.6 Å². The van der Waals surface area contributed by atoms with Crippen molar-refractivity contribution >= 4 is 0 Å². The molecule has 1 N–H and O–H groups in total. The Labute approximate surface area is 127 Å². The van der Waals surface area contributed by atoms with Crippen LogP contribution in [0.4, 0.5) is 8.78 Å². The first kappa shape index (κ1) is 16.4. The van der Waals surface area contributed by atoms with Crippen LogP contribution in [0, 0.1) is 35.3 Å². The van der Waals surface area contributed by atoms with E-state index in [1.807, 2.05) is 7.05 Å². The Bertz CT molecular complexity index is 459. The topological polar surface area (TPSA) is 12.0 Å². The Morgan fingerprint density at radius 1 is 1.19 bits per heavy atom. The Hall–Kier alpha value is -0.960. The second-order valence-corrected chi connectivity index (χ2v) is 6.81. The van der Waals surface area contributed by atoms with Gasteiger partial charge in [0.15, 0.2) is 11.6 Å². The van der Waals surface area contributed by atoms with Gasteiger partial charge in [-0.2, -0.15) is 0 Å². The van der Waals surface area contributed by atoms with Gasteiger partial charge in [-0.15, -0.1) is 0 Å². The molecule has 1 aromatic carbocycles. The predicted octanol–water partition coefficient (Wildman–Crippen LogP) is 4.42. The molecule has 1 aliphatic carbocycles. The molecule has 0 spiro atoms. The number of hydrogen-bond acceptors (Lipinski definition) is 1. The third-order valence-electron chi connectivity index (χ3n) is 5.10. The molecule has 0 aromatic heterocycles. The van der Waals surface area contributed by atoms with Gasteiger partial charge in [0.25, 0.3) is 0 Å². The fourth-order valence-corrected chi connectivity index (χ4v) is 3.74. The molecule has 0 saturated heterocycles. The molecule has 1 fully saturated rings. The van der Waals surface area contributed by atoms with E-state index in [4.69, 9.17) is 0 Å². The van der Waals surface area contributed by atoms with Gasteiger partial charge in [-0.3, -0.25) is 0 Å². The van der Waals surface area contributed by atoms with E-state index in [0.29, 0.717) is 35.7 Å². The Kier molecular flexibility index (Phi) is 5.74. The Morgan fingerprint density at radius 2 is 1.95 bits per heavy atom. The van der Waals surface area contributed by atoms with Crippen molar-refractivity contribution in [3.63, 3.8) is 0 Å². The minimum Gasteiger partial charge on any atom is -0.319 e. The summed E-state index contributed by atoms with van der Waals surface area (Å²) in [5.41, 5.74) is 0.533. The van der Waals surface area contributed by atoms with Gasteiger partial charge < -0.3 is 5.32 Å². The van der Waals surface area contributed by atoms with Crippen molar-refractivity contribution in [1.82, 2.24) is 5.32 Å². The molecular formula is C18H27F2N. The van der Waals surface area contributed by atoms with Crippen LogP contribution in [0.15, 0.2) is 18.2 Å². The minimum absolute atomic E-state index is 0.440. The molecule has 1 aromatic rings. The van der Waals surface area contributed by atoms with Crippen LogP contribution in [0.1, 0.15) is 38.7 Å². The average Bonchev–Trinajstić information content (AvgIpc) is 2.45. The molecule has 0 radical (unpaired) electrons. The highest BCUT2D eigenvalue weighted by Gasteiger charge is 2.32. The predicted molar refractivity (Wildman–Crippen MR) is 83.1 cm³/mol. The lowest BCUT2D eigenvalue weighted by atomic mass is 9.68. The van der Waals surface area contributed by atoms with Crippen molar-refractivity contribution in [2.45, 2.75) is 39.5 Å². The summed E-state index contributed by atoms with van der Waals surface area (Å²) in [6, 6.07) is 4.54. The first-order valence-corrected chi connectivity index (χ1v) is 8.10. The van der Waals surface area contributed by atoms with Crippen molar-refractivity contribution in [3.8, 4) is 0 Å². The third-order valence-corrected chi connectivity index (χ3v) is 5.10.